The number of nitrogens with one attached hydrogen (secondary N) is 1. The van der Waals surface area contributed by atoms with Gasteiger partial charge in [-0.2, -0.15) is 0 Å². The second kappa shape index (κ2) is 5.28. The molecule has 0 saturated carbocycles. The van der Waals surface area contributed by atoms with E-state index in [1.807, 2.05) is 7.05 Å². The van der Waals surface area contributed by atoms with Crippen molar-refractivity contribution in [3.05, 3.63) is 17.8 Å². The number of rotatable bonds is 4. The number of nitrogens with zero attached hydrogens (tertiary/aromatic N) is 1. The average molecular weight is 210 g/mol. The number of ether oxygens (including phenoxy) is 1. The van der Waals surface area contributed by atoms with Crippen molar-refractivity contribution in [3.63, 3.8) is 0 Å². The molecule has 1 aromatic rings. The Kier molecular flexibility index (Phi) is 3.75. The summed E-state index contributed by atoms with van der Waals surface area (Å²) >= 11 is 0. The Balaban J connectivity index is 1.93. The zero-order chi connectivity index (χ0) is 10.5. The molecule has 2 heterocycles. The van der Waals surface area contributed by atoms with Crippen molar-refractivity contribution in [1.82, 2.24) is 10.3 Å². The van der Waals surface area contributed by atoms with Crippen LogP contribution in [0.25, 0.3) is 0 Å². The van der Waals surface area contributed by atoms with Crippen LogP contribution in [0.5, 0.6) is 0 Å². The van der Waals surface area contributed by atoms with E-state index in [0.717, 1.165) is 44.0 Å². The highest BCUT2D eigenvalue weighted by Gasteiger charge is 2.20. The molecule has 0 aromatic carbocycles. The fourth-order valence-electron chi connectivity index (χ4n) is 1.77. The molecule has 84 valence electrons. The van der Waals surface area contributed by atoms with Gasteiger partial charge >= 0.3 is 0 Å². The van der Waals surface area contributed by atoms with Gasteiger partial charge in [0.05, 0.1) is 5.69 Å². The molecule has 15 heavy (non-hydrogen) atoms. The summed E-state index contributed by atoms with van der Waals surface area (Å²) in [5.74, 6) is 0.751. The van der Waals surface area contributed by atoms with Gasteiger partial charge in [-0.25, -0.2) is 4.98 Å². The molecule has 0 amide bonds. The summed E-state index contributed by atoms with van der Waals surface area (Å²) in [4.78, 5) is 4.44. The summed E-state index contributed by atoms with van der Waals surface area (Å²) in [5.41, 5.74) is 1.01. The van der Waals surface area contributed by atoms with E-state index in [-0.39, 0.29) is 6.10 Å². The Labute approximate surface area is 90.0 Å². The van der Waals surface area contributed by atoms with Crippen LogP contribution >= 0.6 is 0 Å². The van der Waals surface area contributed by atoms with Crippen molar-refractivity contribution in [2.45, 2.75) is 31.8 Å². The molecule has 1 unspecified atom stereocenters. The highest BCUT2D eigenvalue weighted by Crippen LogP contribution is 2.26. The van der Waals surface area contributed by atoms with Crippen LogP contribution in [-0.2, 0) is 11.2 Å². The highest BCUT2D eigenvalue weighted by molar-refractivity contribution is 4.99. The van der Waals surface area contributed by atoms with E-state index in [4.69, 9.17) is 9.15 Å². The molecule has 1 aliphatic rings. The van der Waals surface area contributed by atoms with Gasteiger partial charge in [-0.05, 0) is 26.3 Å². The predicted molar refractivity (Wildman–Crippen MR) is 56.7 cm³/mol. The predicted octanol–water partition coefficient (Wildman–Crippen LogP) is 1.68. The lowest BCUT2D eigenvalue weighted by Crippen LogP contribution is -2.13. The number of likely N-dealkylation sites (N-methyl/N-ethyl adjacent to an activating group) is 1. The minimum Gasteiger partial charge on any atom is -0.446 e. The van der Waals surface area contributed by atoms with Crippen molar-refractivity contribution in [2.75, 3.05) is 20.2 Å². The van der Waals surface area contributed by atoms with Crippen LogP contribution in [0.4, 0.5) is 0 Å². The molecule has 1 fully saturated rings. The van der Waals surface area contributed by atoms with Crippen LogP contribution in [0, 0.1) is 0 Å². The maximum absolute atomic E-state index is 5.61. The minimum atomic E-state index is 0.0853. The molecular formula is C11H18N2O2. The first-order valence-corrected chi connectivity index (χ1v) is 5.60. The van der Waals surface area contributed by atoms with Crippen molar-refractivity contribution in [3.8, 4) is 0 Å². The zero-order valence-electron chi connectivity index (χ0n) is 9.16. The molecule has 0 bridgehead atoms. The van der Waals surface area contributed by atoms with Crippen LogP contribution in [0.3, 0.4) is 0 Å². The third-order valence-corrected chi connectivity index (χ3v) is 2.66. The van der Waals surface area contributed by atoms with Gasteiger partial charge in [0.2, 0.25) is 5.89 Å². The number of hydrogen-bond acceptors (Lipinski definition) is 4. The van der Waals surface area contributed by atoms with E-state index in [1.54, 1.807) is 6.26 Å². The van der Waals surface area contributed by atoms with Crippen molar-refractivity contribution < 1.29 is 9.15 Å². The summed E-state index contributed by atoms with van der Waals surface area (Å²) < 4.78 is 11.0. The van der Waals surface area contributed by atoms with Gasteiger partial charge in [0.1, 0.15) is 12.4 Å². The summed E-state index contributed by atoms with van der Waals surface area (Å²) in [6.07, 6.45) is 6.13. The number of aromatic nitrogens is 1. The second-order valence-electron chi connectivity index (χ2n) is 3.89. The maximum Gasteiger partial charge on any atom is 0.223 e. The maximum atomic E-state index is 5.61. The van der Waals surface area contributed by atoms with Crippen molar-refractivity contribution in [1.29, 1.82) is 0 Å². The van der Waals surface area contributed by atoms with Gasteiger partial charge in [0, 0.05) is 19.6 Å². The standard InChI is InChI=1S/C11H18N2O2/c1-12-6-5-9-8-15-11(13-9)10-4-2-3-7-14-10/h8,10,12H,2-7H2,1H3. The zero-order valence-corrected chi connectivity index (χ0v) is 9.16. The van der Waals surface area contributed by atoms with E-state index in [9.17, 15) is 0 Å². The lowest BCUT2D eigenvalue weighted by molar-refractivity contribution is -0.00149. The molecule has 1 aromatic heterocycles. The number of hydrogen-bond donors (Lipinski definition) is 1. The van der Waals surface area contributed by atoms with Gasteiger partial charge in [0.15, 0.2) is 0 Å². The van der Waals surface area contributed by atoms with E-state index in [1.165, 1.54) is 6.42 Å². The van der Waals surface area contributed by atoms with Gasteiger partial charge in [-0.15, -0.1) is 0 Å². The molecule has 0 aliphatic carbocycles. The van der Waals surface area contributed by atoms with Gasteiger partial charge in [0.25, 0.3) is 0 Å². The molecule has 4 heteroatoms. The Morgan fingerprint density at radius 3 is 3.20 bits per heavy atom. The molecule has 4 nitrogen and oxygen atoms in total. The Bertz CT molecular complexity index is 293. The first-order valence-electron chi connectivity index (χ1n) is 5.60. The van der Waals surface area contributed by atoms with Crippen LogP contribution in [0.1, 0.15) is 37.0 Å². The summed E-state index contributed by atoms with van der Waals surface area (Å²) in [7, 11) is 1.94. The van der Waals surface area contributed by atoms with Crippen LogP contribution in [-0.4, -0.2) is 25.2 Å². The summed E-state index contributed by atoms with van der Waals surface area (Å²) in [6.45, 7) is 1.76. The lowest BCUT2D eigenvalue weighted by atomic mass is 10.1. The minimum absolute atomic E-state index is 0.0853. The molecular weight excluding hydrogens is 192 g/mol. The largest absolute Gasteiger partial charge is 0.446 e. The molecule has 1 saturated heterocycles. The normalized spacial score (nSPS) is 21.8. The monoisotopic (exact) mass is 210 g/mol. The fraction of sp³-hybridized carbons (Fsp3) is 0.727. The smallest absolute Gasteiger partial charge is 0.223 e. The summed E-state index contributed by atoms with van der Waals surface area (Å²) in [5, 5.41) is 3.09. The fourth-order valence-corrected chi connectivity index (χ4v) is 1.77. The van der Waals surface area contributed by atoms with Crippen molar-refractivity contribution in [2.24, 2.45) is 0 Å². The Hall–Kier alpha value is -0.870. The molecule has 1 N–H and O–H groups in total. The van der Waals surface area contributed by atoms with Crippen LogP contribution < -0.4 is 5.32 Å². The quantitative estimate of drug-likeness (QED) is 0.821. The number of oxazole rings is 1. The topological polar surface area (TPSA) is 47.3 Å². The second-order valence-corrected chi connectivity index (χ2v) is 3.89. The third kappa shape index (κ3) is 2.79. The van der Waals surface area contributed by atoms with E-state index >= 15 is 0 Å². The molecule has 1 aliphatic heterocycles. The SMILES string of the molecule is CNCCc1coc(C2CCCCO2)n1. The molecule has 2 rings (SSSR count). The molecule has 1 atom stereocenters. The molecule has 0 radical (unpaired) electrons. The van der Waals surface area contributed by atoms with Crippen LogP contribution in [0.2, 0.25) is 0 Å². The Morgan fingerprint density at radius 2 is 2.47 bits per heavy atom. The average Bonchev–Trinajstić information content (AvgIpc) is 2.76. The van der Waals surface area contributed by atoms with Gasteiger partial charge in [-0.3, -0.25) is 0 Å². The summed E-state index contributed by atoms with van der Waals surface area (Å²) in [6, 6.07) is 0. The Morgan fingerprint density at radius 1 is 1.53 bits per heavy atom. The first-order chi connectivity index (χ1) is 7.40. The van der Waals surface area contributed by atoms with E-state index in [2.05, 4.69) is 10.3 Å². The van der Waals surface area contributed by atoms with Crippen molar-refractivity contribution >= 4 is 0 Å². The highest BCUT2D eigenvalue weighted by atomic mass is 16.5. The third-order valence-electron chi connectivity index (χ3n) is 2.66. The van der Waals surface area contributed by atoms with Gasteiger partial charge in [-0.1, -0.05) is 0 Å². The van der Waals surface area contributed by atoms with E-state index < -0.39 is 0 Å². The van der Waals surface area contributed by atoms with E-state index in [0.29, 0.717) is 0 Å². The lowest BCUT2D eigenvalue weighted by Gasteiger charge is -2.19. The molecule has 0 spiro atoms. The van der Waals surface area contributed by atoms with Crippen LogP contribution in [0.15, 0.2) is 10.7 Å². The van der Waals surface area contributed by atoms with Gasteiger partial charge < -0.3 is 14.5 Å². The first kappa shape index (κ1) is 10.6.